The molecule has 2 aromatic rings. The Labute approximate surface area is 95.1 Å². The number of nitrogens with zero attached hydrogens (tertiary/aromatic N) is 3. The van der Waals surface area contributed by atoms with Gasteiger partial charge in [-0.1, -0.05) is 0 Å². The van der Waals surface area contributed by atoms with Crippen LogP contribution in [0.4, 0.5) is 0 Å². The predicted molar refractivity (Wildman–Crippen MR) is 59.1 cm³/mol. The lowest BCUT2D eigenvalue weighted by Crippen LogP contribution is -2.07. The Hall–Kier alpha value is -1.49. The Morgan fingerprint density at radius 2 is 2.00 bits per heavy atom. The lowest BCUT2D eigenvalue weighted by molar-refractivity contribution is 0.101. The summed E-state index contributed by atoms with van der Waals surface area (Å²) in [6, 6.07) is 5.27. The van der Waals surface area contributed by atoms with Crippen LogP contribution in [-0.4, -0.2) is 20.3 Å². The second kappa shape index (κ2) is 3.94. The minimum absolute atomic E-state index is 0.0202. The molecule has 0 unspecified atom stereocenters. The van der Waals surface area contributed by atoms with Crippen molar-refractivity contribution in [1.82, 2.24) is 14.5 Å². The molecule has 2 aromatic heterocycles. The van der Waals surface area contributed by atoms with Gasteiger partial charge in [-0.15, -0.1) is 0 Å². The first kappa shape index (κ1) is 10.0. The highest BCUT2D eigenvalue weighted by Crippen LogP contribution is 2.19. The molecule has 5 heteroatoms. The van der Waals surface area contributed by atoms with Gasteiger partial charge in [0.1, 0.15) is 0 Å². The van der Waals surface area contributed by atoms with E-state index in [0.717, 1.165) is 4.60 Å². The summed E-state index contributed by atoms with van der Waals surface area (Å²) >= 11 is 3.35. The van der Waals surface area contributed by atoms with Crippen LogP contribution < -0.4 is 0 Å². The van der Waals surface area contributed by atoms with E-state index in [1.54, 1.807) is 35.2 Å². The van der Waals surface area contributed by atoms with Crippen LogP contribution in [0, 0.1) is 0 Å². The maximum absolute atomic E-state index is 11.4. The summed E-state index contributed by atoms with van der Waals surface area (Å²) in [7, 11) is 0. The molecule has 0 aliphatic carbocycles. The van der Waals surface area contributed by atoms with Gasteiger partial charge in [0.05, 0.1) is 10.3 Å². The first-order chi connectivity index (χ1) is 7.20. The fourth-order valence-electron chi connectivity index (χ4n) is 1.30. The largest absolute Gasteiger partial charge is 0.293 e. The highest BCUT2D eigenvalue weighted by atomic mass is 79.9. The molecule has 0 radical (unpaired) electrons. The van der Waals surface area contributed by atoms with Gasteiger partial charge in [0.15, 0.2) is 5.78 Å². The second-order valence-electron chi connectivity index (χ2n) is 2.98. The number of hydrogen-bond acceptors (Lipinski definition) is 3. The van der Waals surface area contributed by atoms with Gasteiger partial charge >= 0.3 is 0 Å². The Balaban J connectivity index is 2.62. The molecule has 4 nitrogen and oxygen atoms in total. The summed E-state index contributed by atoms with van der Waals surface area (Å²) in [4.78, 5) is 19.5. The van der Waals surface area contributed by atoms with Crippen molar-refractivity contribution in [2.24, 2.45) is 0 Å². The van der Waals surface area contributed by atoms with Crippen LogP contribution in [0.1, 0.15) is 17.4 Å². The summed E-state index contributed by atoms with van der Waals surface area (Å²) in [6.07, 6.45) is 3.28. The molecule has 0 aromatic carbocycles. The van der Waals surface area contributed by atoms with Gasteiger partial charge in [0.25, 0.3) is 0 Å². The summed E-state index contributed by atoms with van der Waals surface area (Å²) < 4.78 is 2.43. The van der Waals surface area contributed by atoms with Crippen LogP contribution >= 0.6 is 15.9 Å². The SMILES string of the molecule is CC(=O)c1ccc(Br)n1-c1ncccn1. The Bertz CT molecular complexity index is 493. The predicted octanol–water partition coefficient (Wildman–Crippen LogP) is 2.23. The third-order valence-corrected chi connectivity index (χ3v) is 2.57. The van der Waals surface area contributed by atoms with Crippen LogP contribution in [0.3, 0.4) is 0 Å². The molecule has 0 aliphatic heterocycles. The smallest absolute Gasteiger partial charge is 0.235 e. The average molecular weight is 266 g/mol. The Morgan fingerprint density at radius 3 is 2.60 bits per heavy atom. The van der Waals surface area contributed by atoms with Crippen LogP contribution in [0.25, 0.3) is 5.95 Å². The molecule has 0 saturated heterocycles. The lowest BCUT2D eigenvalue weighted by atomic mass is 10.3. The zero-order valence-corrected chi connectivity index (χ0v) is 9.60. The molecule has 76 valence electrons. The number of carbonyl (C=O) groups excluding carboxylic acids is 1. The Morgan fingerprint density at radius 1 is 1.33 bits per heavy atom. The summed E-state index contributed by atoms with van der Waals surface area (Å²) in [5.74, 6) is 0.465. The van der Waals surface area contributed by atoms with Crippen molar-refractivity contribution >= 4 is 21.7 Å². The van der Waals surface area contributed by atoms with Gasteiger partial charge in [-0.2, -0.15) is 0 Å². The van der Waals surface area contributed by atoms with Gasteiger partial charge in [0, 0.05) is 19.3 Å². The monoisotopic (exact) mass is 265 g/mol. The van der Waals surface area contributed by atoms with Gasteiger partial charge in [-0.3, -0.25) is 9.36 Å². The van der Waals surface area contributed by atoms with Gasteiger partial charge in [-0.05, 0) is 34.1 Å². The zero-order chi connectivity index (χ0) is 10.8. The van der Waals surface area contributed by atoms with Crippen molar-refractivity contribution in [3.8, 4) is 5.95 Å². The van der Waals surface area contributed by atoms with E-state index in [4.69, 9.17) is 0 Å². The summed E-state index contributed by atoms with van der Waals surface area (Å²) in [5, 5.41) is 0. The van der Waals surface area contributed by atoms with E-state index in [0.29, 0.717) is 11.6 Å². The molecular formula is C10H8BrN3O. The second-order valence-corrected chi connectivity index (χ2v) is 3.79. The fraction of sp³-hybridized carbons (Fsp3) is 0.100. The van der Waals surface area contributed by atoms with E-state index in [2.05, 4.69) is 25.9 Å². The topological polar surface area (TPSA) is 47.8 Å². The van der Waals surface area contributed by atoms with Crippen molar-refractivity contribution in [1.29, 1.82) is 0 Å². The quantitative estimate of drug-likeness (QED) is 0.783. The van der Waals surface area contributed by atoms with Gasteiger partial charge in [0.2, 0.25) is 5.95 Å². The van der Waals surface area contributed by atoms with Crippen molar-refractivity contribution in [3.05, 3.63) is 40.9 Å². The normalized spacial score (nSPS) is 10.3. The molecule has 15 heavy (non-hydrogen) atoms. The Kier molecular flexibility index (Phi) is 2.64. The van der Waals surface area contributed by atoms with Crippen molar-refractivity contribution in [2.45, 2.75) is 6.92 Å². The van der Waals surface area contributed by atoms with Gasteiger partial charge in [-0.25, -0.2) is 9.97 Å². The summed E-state index contributed by atoms with van der Waals surface area (Å²) in [6.45, 7) is 1.52. The fourth-order valence-corrected chi connectivity index (χ4v) is 1.78. The zero-order valence-electron chi connectivity index (χ0n) is 8.01. The molecule has 0 amide bonds. The van der Waals surface area contributed by atoms with E-state index < -0.39 is 0 Å². The van der Waals surface area contributed by atoms with E-state index in [9.17, 15) is 4.79 Å². The highest BCUT2D eigenvalue weighted by Gasteiger charge is 2.12. The van der Waals surface area contributed by atoms with E-state index in [1.807, 2.05) is 0 Å². The molecule has 0 atom stereocenters. The van der Waals surface area contributed by atoms with Crippen LogP contribution in [0.5, 0.6) is 0 Å². The van der Waals surface area contributed by atoms with E-state index >= 15 is 0 Å². The molecule has 0 fully saturated rings. The molecule has 0 N–H and O–H groups in total. The molecule has 0 saturated carbocycles. The van der Waals surface area contributed by atoms with E-state index in [-0.39, 0.29) is 5.78 Å². The lowest BCUT2D eigenvalue weighted by Gasteiger charge is -2.05. The number of rotatable bonds is 2. The minimum atomic E-state index is -0.0202. The third kappa shape index (κ3) is 1.83. The van der Waals surface area contributed by atoms with Crippen molar-refractivity contribution in [3.63, 3.8) is 0 Å². The molecule has 0 spiro atoms. The average Bonchev–Trinajstić information content (AvgIpc) is 2.61. The van der Waals surface area contributed by atoms with Crippen LogP contribution in [0.2, 0.25) is 0 Å². The maximum atomic E-state index is 11.4. The number of hydrogen-bond donors (Lipinski definition) is 0. The highest BCUT2D eigenvalue weighted by molar-refractivity contribution is 9.10. The first-order valence-electron chi connectivity index (χ1n) is 4.35. The molecular weight excluding hydrogens is 258 g/mol. The molecule has 0 aliphatic rings. The number of halogens is 1. The van der Waals surface area contributed by atoms with Crippen molar-refractivity contribution in [2.75, 3.05) is 0 Å². The number of carbonyl (C=O) groups is 1. The number of aromatic nitrogens is 3. The maximum Gasteiger partial charge on any atom is 0.235 e. The summed E-state index contributed by atoms with van der Waals surface area (Å²) in [5.41, 5.74) is 0.563. The van der Waals surface area contributed by atoms with Crippen molar-refractivity contribution < 1.29 is 4.79 Å². The standard InChI is InChI=1S/C10H8BrN3O/c1-7(15)8-3-4-9(11)14(8)10-12-5-2-6-13-10/h2-6H,1H3. The van der Waals surface area contributed by atoms with Crippen LogP contribution in [-0.2, 0) is 0 Å². The molecule has 0 bridgehead atoms. The first-order valence-corrected chi connectivity index (χ1v) is 5.15. The minimum Gasteiger partial charge on any atom is -0.293 e. The molecule has 2 rings (SSSR count). The van der Waals surface area contributed by atoms with Crippen LogP contribution in [0.15, 0.2) is 35.2 Å². The number of ketones is 1. The van der Waals surface area contributed by atoms with E-state index in [1.165, 1.54) is 6.92 Å². The van der Waals surface area contributed by atoms with Gasteiger partial charge < -0.3 is 0 Å². The number of Topliss-reactive ketones (excluding diaryl/α,β-unsaturated/α-hetero) is 1. The third-order valence-electron chi connectivity index (χ3n) is 1.95. The molecule has 2 heterocycles.